The zero-order chi connectivity index (χ0) is 10.8. The third-order valence-corrected chi connectivity index (χ3v) is 2.54. The Kier molecular flexibility index (Phi) is 2.49. The molecule has 1 aliphatic heterocycles. The molecule has 4 nitrogen and oxygen atoms in total. The minimum Gasteiger partial charge on any atom is -0.272 e. The van der Waals surface area contributed by atoms with Gasteiger partial charge in [-0.3, -0.25) is 4.79 Å². The Morgan fingerprint density at radius 1 is 1.47 bits per heavy atom. The topological polar surface area (TPSA) is 45.6 Å². The van der Waals surface area contributed by atoms with Gasteiger partial charge in [-0.2, -0.15) is 10.1 Å². The van der Waals surface area contributed by atoms with Crippen molar-refractivity contribution in [1.29, 1.82) is 0 Å². The smallest absolute Gasteiger partial charge is 0.257 e. The van der Waals surface area contributed by atoms with E-state index in [9.17, 15) is 4.79 Å². The lowest BCUT2D eigenvalue weighted by Crippen LogP contribution is -2.25. The van der Waals surface area contributed by atoms with Crippen LogP contribution in [0.2, 0.25) is 0 Å². The van der Waals surface area contributed by atoms with E-state index < -0.39 is 0 Å². The molecule has 0 aliphatic carbocycles. The summed E-state index contributed by atoms with van der Waals surface area (Å²) in [6.07, 6.45) is 2.46. The van der Waals surface area contributed by atoms with Gasteiger partial charge in [0.05, 0.1) is 11.6 Å². The highest BCUT2D eigenvalue weighted by Gasteiger charge is 2.32. The van der Waals surface area contributed by atoms with Crippen LogP contribution in [0.1, 0.15) is 20.3 Å². The number of rotatable bonds is 2. The van der Waals surface area contributed by atoms with Gasteiger partial charge in [-0.15, -0.1) is 0 Å². The van der Waals surface area contributed by atoms with E-state index in [2.05, 4.69) is 10.1 Å². The fraction of sp³-hybridized carbons (Fsp3) is 0.364. The van der Waals surface area contributed by atoms with Gasteiger partial charge in [-0.1, -0.05) is 13.0 Å². The molecule has 0 bridgehead atoms. The van der Waals surface area contributed by atoms with Gasteiger partial charge >= 0.3 is 0 Å². The molecular weight excluding hydrogens is 190 g/mol. The lowest BCUT2D eigenvalue weighted by Gasteiger charge is -2.10. The number of amides is 1. The maximum Gasteiger partial charge on any atom is 0.257 e. The molecular formula is C11H13N3O. The summed E-state index contributed by atoms with van der Waals surface area (Å²) in [5, 5.41) is 5.67. The first-order valence-corrected chi connectivity index (χ1v) is 5.06. The molecule has 15 heavy (non-hydrogen) atoms. The van der Waals surface area contributed by atoms with Crippen LogP contribution in [0, 0.1) is 5.92 Å². The highest BCUT2D eigenvalue weighted by molar-refractivity contribution is 6.14. The van der Waals surface area contributed by atoms with Crippen LogP contribution in [-0.2, 0) is 4.79 Å². The summed E-state index contributed by atoms with van der Waals surface area (Å²) in [6.45, 7) is 3.89. The van der Waals surface area contributed by atoms with Gasteiger partial charge in [0.1, 0.15) is 0 Å². The summed E-state index contributed by atoms with van der Waals surface area (Å²) < 4.78 is 0. The van der Waals surface area contributed by atoms with Crippen LogP contribution in [0.5, 0.6) is 0 Å². The summed E-state index contributed by atoms with van der Waals surface area (Å²) in [5.41, 5.74) is 0.922. The van der Waals surface area contributed by atoms with E-state index in [1.54, 1.807) is 12.3 Å². The lowest BCUT2D eigenvalue weighted by atomic mass is 10.0. The van der Waals surface area contributed by atoms with E-state index in [1.807, 2.05) is 26.0 Å². The van der Waals surface area contributed by atoms with Crippen LogP contribution in [0.15, 0.2) is 29.5 Å². The first-order chi connectivity index (χ1) is 7.24. The Morgan fingerprint density at radius 2 is 2.27 bits per heavy atom. The predicted octanol–water partition coefficient (Wildman–Crippen LogP) is 1.83. The van der Waals surface area contributed by atoms with Crippen molar-refractivity contribution in [3.63, 3.8) is 0 Å². The molecule has 1 aromatic rings. The Bertz CT molecular complexity index is 400. The summed E-state index contributed by atoms with van der Waals surface area (Å²) >= 11 is 0. The molecule has 1 aromatic heterocycles. The summed E-state index contributed by atoms with van der Waals surface area (Å²) in [4.78, 5) is 16.0. The van der Waals surface area contributed by atoms with E-state index in [0.717, 1.165) is 12.1 Å². The Balaban J connectivity index is 2.33. The molecule has 2 heterocycles. The van der Waals surface area contributed by atoms with Gasteiger partial charge in [0.15, 0.2) is 5.82 Å². The molecule has 0 radical (unpaired) electrons. The number of nitrogens with zero attached hydrogens (tertiary/aromatic N) is 3. The molecule has 1 atom stereocenters. The molecule has 0 fully saturated rings. The highest BCUT2D eigenvalue weighted by Crippen LogP contribution is 2.22. The largest absolute Gasteiger partial charge is 0.272 e. The zero-order valence-corrected chi connectivity index (χ0v) is 8.84. The molecule has 1 aliphatic rings. The van der Waals surface area contributed by atoms with E-state index in [-0.39, 0.29) is 11.8 Å². The summed E-state index contributed by atoms with van der Waals surface area (Å²) in [7, 11) is 0. The van der Waals surface area contributed by atoms with Crippen molar-refractivity contribution in [2.75, 3.05) is 5.01 Å². The van der Waals surface area contributed by atoms with Crippen LogP contribution in [0.3, 0.4) is 0 Å². The second-order valence-corrected chi connectivity index (χ2v) is 3.50. The van der Waals surface area contributed by atoms with Crippen molar-refractivity contribution in [2.24, 2.45) is 11.0 Å². The van der Waals surface area contributed by atoms with Gasteiger partial charge in [0.25, 0.3) is 5.91 Å². The quantitative estimate of drug-likeness (QED) is 0.736. The fourth-order valence-corrected chi connectivity index (χ4v) is 1.61. The molecule has 1 unspecified atom stereocenters. The van der Waals surface area contributed by atoms with Gasteiger partial charge in [-0.25, -0.2) is 4.98 Å². The highest BCUT2D eigenvalue weighted by atomic mass is 16.2. The molecule has 0 aromatic carbocycles. The molecule has 0 saturated heterocycles. The van der Waals surface area contributed by atoms with Crippen molar-refractivity contribution in [2.45, 2.75) is 20.3 Å². The number of hydrogen-bond donors (Lipinski definition) is 0. The van der Waals surface area contributed by atoms with Crippen molar-refractivity contribution < 1.29 is 4.79 Å². The van der Waals surface area contributed by atoms with Crippen LogP contribution in [-0.4, -0.2) is 16.6 Å². The maximum absolute atomic E-state index is 11.8. The zero-order valence-electron chi connectivity index (χ0n) is 8.84. The molecule has 4 heteroatoms. The van der Waals surface area contributed by atoms with E-state index in [0.29, 0.717) is 5.82 Å². The van der Waals surface area contributed by atoms with Gasteiger partial charge in [0.2, 0.25) is 0 Å². The number of carbonyl (C=O) groups excluding carboxylic acids is 1. The lowest BCUT2D eigenvalue weighted by molar-refractivity contribution is -0.119. The van der Waals surface area contributed by atoms with E-state index >= 15 is 0 Å². The van der Waals surface area contributed by atoms with E-state index in [1.165, 1.54) is 5.01 Å². The molecule has 0 N–H and O–H groups in total. The Morgan fingerprint density at radius 3 is 2.80 bits per heavy atom. The molecule has 78 valence electrons. The number of carbonyl (C=O) groups is 1. The van der Waals surface area contributed by atoms with Crippen molar-refractivity contribution >= 4 is 17.4 Å². The molecule has 2 rings (SSSR count). The van der Waals surface area contributed by atoms with Gasteiger partial charge < -0.3 is 0 Å². The minimum atomic E-state index is -0.114. The summed E-state index contributed by atoms with van der Waals surface area (Å²) in [5.74, 6) is 0.486. The van der Waals surface area contributed by atoms with Crippen molar-refractivity contribution in [3.05, 3.63) is 24.4 Å². The maximum atomic E-state index is 11.8. The third-order valence-electron chi connectivity index (χ3n) is 2.54. The number of pyridine rings is 1. The Labute approximate surface area is 88.6 Å². The number of aromatic nitrogens is 1. The average molecular weight is 203 g/mol. The van der Waals surface area contributed by atoms with E-state index in [4.69, 9.17) is 0 Å². The van der Waals surface area contributed by atoms with Crippen molar-refractivity contribution in [1.82, 2.24) is 4.98 Å². The molecule has 0 saturated carbocycles. The minimum absolute atomic E-state index is 0.00514. The molecule has 0 spiro atoms. The van der Waals surface area contributed by atoms with Gasteiger partial charge in [0, 0.05) is 6.20 Å². The monoisotopic (exact) mass is 203 g/mol. The Hall–Kier alpha value is -1.71. The number of hydrogen-bond acceptors (Lipinski definition) is 3. The number of hydrazone groups is 1. The van der Waals surface area contributed by atoms with Crippen LogP contribution in [0.25, 0.3) is 0 Å². The predicted molar refractivity (Wildman–Crippen MR) is 58.6 cm³/mol. The first-order valence-electron chi connectivity index (χ1n) is 5.06. The average Bonchev–Trinajstić information content (AvgIpc) is 2.57. The third kappa shape index (κ3) is 1.63. The number of anilines is 1. The second-order valence-electron chi connectivity index (χ2n) is 3.50. The van der Waals surface area contributed by atoms with Crippen LogP contribution >= 0.6 is 0 Å². The van der Waals surface area contributed by atoms with Crippen LogP contribution in [0.4, 0.5) is 5.82 Å². The van der Waals surface area contributed by atoms with Crippen molar-refractivity contribution in [3.8, 4) is 0 Å². The first kappa shape index (κ1) is 9.83. The van der Waals surface area contributed by atoms with Gasteiger partial charge in [-0.05, 0) is 25.5 Å². The summed E-state index contributed by atoms with van der Waals surface area (Å²) in [6, 6.07) is 5.45. The van der Waals surface area contributed by atoms with Crippen LogP contribution < -0.4 is 5.01 Å². The fourth-order valence-electron chi connectivity index (χ4n) is 1.61. The SMILES string of the molecule is CCC1=NN(c2ccccn2)C(=O)C1C. The normalized spacial score (nSPS) is 20.7. The second kappa shape index (κ2) is 3.81. The molecule has 1 amide bonds. The standard InChI is InChI=1S/C11H13N3O/c1-3-9-8(2)11(15)14(13-9)10-6-4-5-7-12-10/h4-8H,3H2,1-2H3.